The van der Waals surface area contributed by atoms with E-state index in [1.807, 2.05) is 0 Å². The summed E-state index contributed by atoms with van der Waals surface area (Å²) in [4.78, 5) is 2.41. The molecule has 0 aromatic carbocycles. The summed E-state index contributed by atoms with van der Waals surface area (Å²) in [6.07, 6.45) is 2.62. The lowest BCUT2D eigenvalue weighted by Gasteiger charge is -2.22. The minimum absolute atomic E-state index is 0.667. The first-order valence-electron chi connectivity index (χ1n) is 3.96. The van der Waals surface area contributed by atoms with E-state index < -0.39 is 0 Å². The highest BCUT2D eigenvalue weighted by molar-refractivity contribution is 4.81. The molecule has 2 nitrogen and oxygen atoms in total. The van der Waals surface area contributed by atoms with E-state index in [0.29, 0.717) is 6.04 Å². The Labute approximate surface area is 63.2 Å². The van der Waals surface area contributed by atoms with E-state index in [4.69, 9.17) is 4.74 Å². The molecule has 0 aromatic heterocycles. The Morgan fingerprint density at radius 2 is 2.20 bits per heavy atom. The average Bonchev–Trinajstić information content (AvgIpc) is 2.20. The van der Waals surface area contributed by atoms with Crippen LogP contribution in [-0.2, 0) is 4.74 Å². The van der Waals surface area contributed by atoms with E-state index in [9.17, 15) is 0 Å². The fourth-order valence-electron chi connectivity index (χ4n) is 1.59. The molecular formula is C8H17NO. The Hall–Kier alpha value is -0.0800. The highest BCUT2D eigenvalue weighted by atomic mass is 16.5. The molecule has 1 saturated heterocycles. The molecule has 1 fully saturated rings. The van der Waals surface area contributed by atoms with Crippen molar-refractivity contribution in [1.82, 2.24) is 4.90 Å². The van der Waals surface area contributed by atoms with Crippen molar-refractivity contribution in [3.63, 3.8) is 0 Å². The first-order chi connectivity index (χ1) is 4.75. The molecule has 1 rings (SSSR count). The summed E-state index contributed by atoms with van der Waals surface area (Å²) in [7, 11) is 3.96. The van der Waals surface area contributed by atoms with Crippen LogP contribution in [0.3, 0.4) is 0 Å². The third kappa shape index (κ3) is 1.50. The normalized spacial score (nSPS) is 35.1. The van der Waals surface area contributed by atoms with Crippen molar-refractivity contribution in [3.05, 3.63) is 0 Å². The number of likely N-dealkylation sites (tertiary alicyclic amines) is 1. The van der Waals surface area contributed by atoms with Crippen molar-refractivity contribution in [3.8, 4) is 0 Å². The predicted octanol–water partition coefficient (Wildman–Crippen LogP) is 1.12. The first kappa shape index (κ1) is 8.02. The van der Waals surface area contributed by atoms with Gasteiger partial charge in [0.15, 0.2) is 0 Å². The van der Waals surface area contributed by atoms with Gasteiger partial charge in [0, 0.05) is 19.2 Å². The highest BCUT2D eigenvalue weighted by Crippen LogP contribution is 2.21. The number of nitrogens with zero attached hydrogens (tertiary/aromatic N) is 1. The van der Waals surface area contributed by atoms with Crippen LogP contribution in [0.15, 0.2) is 0 Å². The minimum Gasteiger partial charge on any atom is -0.383 e. The molecule has 0 aliphatic carbocycles. The second-order valence-corrected chi connectivity index (χ2v) is 3.20. The summed E-state index contributed by atoms with van der Waals surface area (Å²) >= 11 is 0. The Bertz CT molecular complexity index is 103. The molecule has 0 amide bonds. The van der Waals surface area contributed by atoms with Gasteiger partial charge in [0.05, 0.1) is 6.61 Å². The third-order valence-corrected chi connectivity index (χ3v) is 2.55. The van der Waals surface area contributed by atoms with E-state index >= 15 is 0 Å². The van der Waals surface area contributed by atoms with Crippen molar-refractivity contribution >= 4 is 0 Å². The molecule has 0 aromatic rings. The van der Waals surface area contributed by atoms with Gasteiger partial charge in [-0.05, 0) is 26.8 Å². The van der Waals surface area contributed by atoms with Gasteiger partial charge in [-0.3, -0.25) is 4.90 Å². The molecule has 1 heterocycles. The van der Waals surface area contributed by atoms with Crippen LogP contribution in [0.5, 0.6) is 0 Å². The van der Waals surface area contributed by atoms with E-state index in [0.717, 1.165) is 12.6 Å². The van der Waals surface area contributed by atoms with Gasteiger partial charge in [0.2, 0.25) is 0 Å². The second-order valence-electron chi connectivity index (χ2n) is 3.20. The Balaban J connectivity index is 2.33. The maximum Gasteiger partial charge on any atom is 0.0618 e. The average molecular weight is 143 g/mol. The molecule has 2 heteroatoms. The highest BCUT2D eigenvalue weighted by Gasteiger charge is 2.26. The predicted molar refractivity (Wildman–Crippen MR) is 42.1 cm³/mol. The van der Waals surface area contributed by atoms with E-state index in [-0.39, 0.29) is 0 Å². The summed E-state index contributed by atoms with van der Waals surface area (Å²) in [5, 5.41) is 0. The van der Waals surface area contributed by atoms with Crippen LogP contribution >= 0.6 is 0 Å². The van der Waals surface area contributed by atoms with Gasteiger partial charge in [-0.25, -0.2) is 0 Å². The lowest BCUT2D eigenvalue weighted by Crippen LogP contribution is -2.33. The molecule has 60 valence electrons. The van der Waals surface area contributed by atoms with Crippen molar-refractivity contribution in [1.29, 1.82) is 0 Å². The molecule has 0 spiro atoms. The van der Waals surface area contributed by atoms with Gasteiger partial charge in [-0.2, -0.15) is 0 Å². The summed E-state index contributed by atoms with van der Waals surface area (Å²) in [5.74, 6) is 0. The fraction of sp³-hybridized carbons (Fsp3) is 1.00. The third-order valence-electron chi connectivity index (χ3n) is 2.55. The van der Waals surface area contributed by atoms with Crippen LogP contribution in [0.2, 0.25) is 0 Å². The molecular weight excluding hydrogens is 126 g/mol. The fourth-order valence-corrected chi connectivity index (χ4v) is 1.59. The van der Waals surface area contributed by atoms with Crippen molar-refractivity contribution in [2.45, 2.75) is 31.8 Å². The van der Waals surface area contributed by atoms with Crippen LogP contribution in [-0.4, -0.2) is 37.7 Å². The number of likely N-dealkylation sites (N-methyl/N-ethyl adjacent to an activating group) is 1. The number of rotatable bonds is 2. The zero-order chi connectivity index (χ0) is 7.56. The molecule has 0 saturated carbocycles. The monoisotopic (exact) mass is 143 g/mol. The standard InChI is InChI=1S/C8H17NO/c1-7-4-5-8(6-10-3)9(7)2/h7-8H,4-6H2,1-3H3/t7-,8-/m1/s1. The topological polar surface area (TPSA) is 12.5 Å². The Morgan fingerprint density at radius 3 is 2.60 bits per heavy atom. The van der Waals surface area contributed by atoms with Gasteiger partial charge >= 0.3 is 0 Å². The van der Waals surface area contributed by atoms with Crippen LogP contribution in [0, 0.1) is 0 Å². The lowest BCUT2D eigenvalue weighted by atomic mass is 10.2. The summed E-state index contributed by atoms with van der Waals surface area (Å²) in [6.45, 7) is 3.16. The SMILES string of the molecule is COC[C@H]1CC[C@@H](C)N1C. The largest absolute Gasteiger partial charge is 0.383 e. The summed E-state index contributed by atoms with van der Waals surface area (Å²) in [5.41, 5.74) is 0. The van der Waals surface area contributed by atoms with Gasteiger partial charge in [0.1, 0.15) is 0 Å². The zero-order valence-corrected chi connectivity index (χ0v) is 7.13. The molecule has 0 N–H and O–H groups in total. The second kappa shape index (κ2) is 3.35. The quantitative estimate of drug-likeness (QED) is 0.574. The van der Waals surface area contributed by atoms with E-state index in [1.165, 1.54) is 12.8 Å². The Kier molecular flexibility index (Phi) is 2.69. The number of ether oxygens (including phenoxy) is 1. The van der Waals surface area contributed by atoms with Crippen molar-refractivity contribution in [2.75, 3.05) is 20.8 Å². The maximum absolute atomic E-state index is 5.10. The van der Waals surface area contributed by atoms with Gasteiger partial charge in [-0.1, -0.05) is 0 Å². The van der Waals surface area contributed by atoms with Crippen LogP contribution in [0.4, 0.5) is 0 Å². The number of hydrogen-bond acceptors (Lipinski definition) is 2. The molecule has 0 bridgehead atoms. The smallest absolute Gasteiger partial charge is 0.0618 e. The molecule has 2 atom stereocenters. The van der Waals surface area contributed by atoms with Crippen LogP contribution in [0.1, 0.15) is 19.8 Å². The lowest BCUT2D eigenvalue weighted by molar-refractivity contribution is 0.117. The van der Waals surface area contributed by atoms with Crippen LogP contribution < -0.4 is 0 Å². The van der Waals surface area contributed by atoms with E-state index in [2.05, 4.69) is 18.9 Å². The van der Waals surface area contributed by atoms with Crippen molar-refractivity contribution in [2.24, 2.45) is 0 Å². The maximum atomic E-state index is 5.10. The number of methoxy groups -OCH3 is 1. The minimum atomic E-state index is 0.667. The molecule has 1 aliphatic heterocycles. The van der Waals surface area contributed by atoms with Gasteiger partial charge in [0.25, 0.3) is 0 Å². The van der Waals surface area contributed by atoms with Gasteiger partial charge < -0.3 is 4.74 Å². The van der Waals surface area contributed by atoms with Gasteiger partial charge in [-0.15, -0.1) is 0 Å². The molecule has 0 radical (unpaired) electrons. The summed E-state index contributed by atoms with van der Waals surface area (Å²) in [6, 6.07) is 1.42. The first-order valence-corrected chi connectivity index (χ1v) is 3.96. The van der Waals surface area contributed by atoms with E-state index in [1.54, 1.807) is 7.11 Å². The summed E-state index contributed by atoms with van der Waals surface area (Å²) < 4.78 is 5.10. The molecule has 1 aliphatic rings. The zero-order valence-electron chi connectivity index (χ0n) is 7.13. The molecule has 10 heavy (non-hydrogen) atoms. The molecule has 0 unspecified atom stereocenters. The van der Waals surface area contributed by atoms with Crippen LogP contribution in [0.25, 0.3) is 0 Å². The number of hydrogen-bond donors (Lipinski definition) is 0. The van der Waals surface area contributed by atoms with Crippen molar-refractivity contribution < 1.29 is 4.74 Å². The Morgan fingerprint density at radius 1 is 1.50 bits per heavy atom.